The fourth-order valence-electron chi connectivity index (χ4n) is 5.14. The number of rotatable bonds is 6. The van der Waals surface area contributed by atoms with Crippen molar-refractivity contribution in [3.8, 4) is 0 Å². The molecule has 0 radical (unpaired) electrons. The highest BCUT2D eigenvalue weighted by molar-refractivity contribution is 7.99. The Kier molecular flexibility index (Phi) is 5.58. The first-order valence-corrected chi connectivity index (χ1v) is 12.1. The summed E-state index contributed by atoms with van der Waals surface area (Å²) < 4.78 is 1.69. The molecule has 7 heteroatoms. The largest absolute Gasteiger partial charge is 0.353 e. The second-order valence-electron chi connectivity index (χ2n) is 8.39. The molecule has 152 valence electrons. The third-order valence-electron chi connectivity index (χ3n) is 6.73. The van der Waals surface area contributed by atoms with Gasteiger partial charge in [-0.05, 0) is 70.3 Å². The minimum atomic E-state index is 0.00704. The monoisotopic (exact) mass is 419 g/mol. The van der Waals surface area contributed by atoms with E-state index < -0.39 is 0 Å². The molecule has 2 aliphatic carbocycles. The van der Waals surface area contributed by atoms with Gasteiger partial charge in [0.15, 0.2) is 5.16 Å². The van der Waals surface area contributed by atoms with Gasteiger partial charge in [0.05, 0.1) is 11.1 Å². The van der Waals surface area contributed by atoms with E-state index in [2.05, 4.69) is 12.2 Å². The Morgan fingerprint density at radius 1 is 1.36 bits per heavy atom. The molecule has 4 rings (SSSR count). The number of amides is 1. The van der Waals surface area contributed by atoms with Crippen LogP contribution in [0.15, 0.2) is 9.95 Å². The SMILES string of the molecule is CCn1c(SCC(=O)NC(C)C2CC3CCC2C3)nc2sc(C)c(C)c2c1=O. The Morgan fingerprint density at radius 2 is 2.14 bits per heavy atom. The molecular formula is C21H29N3O2S2. The maximum atomic E-state index is 12.9. The second-order valence-corrected chi connectivity index (χ2v) is 10.5. The highest BCUT2D eigenvalue weighted by atomic mass is 32.2. The fraction of sp³-hybridized carbons (Fsp3) is 0.667. The maximum absolute atomic E-state index is 12.9. The summed E-state index contributed by atoms with van der Waals surface area (Å²) >= 11 is 2.93. The predicted octanol–water partition coefficient (Wildman–Crippen LogP) is 4.13. The van der Waals surface area contributed by atoms with E-state index in [9.17, 15) is 9.59 Å². The average Bonchev–Trinajstić information content (AvgIpc) is 3.35. The van der Waals surface area contributed by atoms with E-state index in [0.29, 0.717) is 23.4 Å². The lowest BCUT2D eigenvalue weighted by Crippen LogP contribution is -2.41. The van der Waals surface area contributed by atoms with Crippen molar-refractivity contribution in [2.75, 3.05) is 5.75 Å². The van der Waals surface area contributed by atoms with Crippen LogP contribution in [0.1, 0.15) is 50.0 Å². The zero-order valence-electron chi connectivity index (χ0n) is 17.1. The van der Waals surface area contributed by atoms with Crippen LogP contribution in [0.25, 0.3) is 10.2 Å². The molecule has 2 bridgehead atoms. The van der Waals surface area contributed by atoms with Gasteiger partial charge in [0.2, 0.25) is 5.91 Å². The molecule has 0 aromatic carbocycles. The topological polar surface area (TPSA) is 64.0 Å². The lowest BCUT2D eigenvalue weighted by Gasteiger charge is -2.28. The van der Waals surface area contributed by atoms with Crippen molar-refractivity contribution < 1.29 is 4.79 Å². The van der Waals surface area contributed by atoms with Crippen LogP contribution in [0.3, 0.4) is 0 Å². The third-order valence-corrected chi connectivity index (χ3v) is 8.80. The Morgan fingerprint density at radius 3 is 2.79 bits per heavy atom. The summed E-state index contributed by atoms with van der Waals surface area (Å²) in [5, 5.41) is 4.57. The molecule has 4 atom stereocenters. The quantitative estimate of drug-likeness (QED) is 0.565. The Balaban J connectivity index is 1.45. The minimum Gasteiger partial charge on any atom is -0.353 e. The third kappa shape index (κ3) is 3.52. The van der Waals surface area contributed by atoms with Gasteiger partial charge in [-0.15, -0.1) is 11.3 Å². The fourth-order valence-corrected chi connectivity index (χ4v) is 7.08. The van der Waals surface area contributed by atoms with E-state index in [1.807, 2.05) is 20.8 Å². The van der Waals surface area contributed by atoms with Gasteiger partial charge in [0.1, 0.15) is 4.83 Å². The summed E-state index contributed by atoms with van der Waals surface area (Å²) in [6.45, 7) is 8.66. The number of nitrogens with zero attached hydrogens (tertiary/aromatic N) is 2. The molecule has 0 aliphatic heterocycles. The van der Waals surface area contributed by atoms with Crippen molar-refractivity contribution in [1.82, 2.24) is 14.9 Å². The first kappa shape index (κ1) is 20.0. The second kappa shape index (κ2) is 7.82. The van der Waals surface area contributed by atoms with Gasteiger partial charge in [-0.1, -0.05) is 18.2 Å². The number of fused-ring (bicyclic) bond motifs is 3. The first-order valence-electron chi connectivity index (χ1n) is 10.3. The van der Waals surface area contributed by atoms with E-state index in [-0.39, 0.29) is 17.5 Å². The van der Waals surface area contributed by atoms with Crippen LogP contribution >= 0.6 is 23.1 Å². The summed E-state index contributed by atoms with van der Waals surface area (Å²) in [5.41, 5.74) is 1.03. The summed E-state index contributed by atoms with van der Waals surface area (Å²) in [6, 6.07) is 0.231. The van der Waals surface area contributed by atoms with Gasteiger partial charge in [-0.3, -0.25) is 14.2 Å². The van der Waals surface area contributed by atoms with Crippen molar-refractivity contribution in [2.24, 2.45) is 17.8 Å². The molecule has 2 aromatic rings. The number of carbonyl (C=O) groups is 1. The number of hydrogen-bond donors (Lipinski definition) is 1. The summed E-state index contributed by atoms with van der Waals surface area (Å²) in [6.07, 6.45) is 5.33. The maximum Gasteiger partial charge on any atom is 0.263 e. The molecule has 28 heavy (non-hydrogen) atoms. The van der Waals surface area contributed by atoms with E-state index in [1.165, 1.54) is 37.4 Å². The van der Waals surface area contributed by atoms with Crippen LogP contribution in [0, 0.1) is 31.6 Å². The first-order chi connectivity index (χ1) is 13.4. The van der Waals surface area contributed by atoms with Crippen LogP contribution in [0.4, 0.5) is 0 Å². The molecule has 1 N–H and O–H groups in total. The molecule has 2 heterocycles. The van der Waals surface area contributed by atoms with Crippen LogP contribution in [0.5, 0.6) is 0 Å². The van der Waals surface area contributed by atoms with Crippen LogP contribution in [-0.2, 0) is 11.3 Å². The lowest BCUT2D eigenvalue weighted by molar-refractivity contribution is -0.119. The van der Waals surface area contributed by atoms with Gasteiger partial charge in [-0.25, -0.2) is 4.98 Å². The molecule has 0 saturated heterocycles. The zero-order valence-corrected chi connectivity index (χ0v) is 18.7. The van der Waals surface area contributed by atoms with Crippen LogP contribution in [-0.4, -0.2) is 27.3 Å². The van der Waals surface area contributed by atoms with Gasteiger partial charge >= 0.3 is 0 Å². The summed E-state index contributed by atoms with van der Waals surface area (Å²) in [5.74, 6) is 2.65. The van der Waals surface area contributed by atoms with Gasteiger partial charge < -0.3 is 5.32 Å². The molecule has 0 spiro atoms. The Labute approximate surface area is 174 Å². The van der Waals surface area contributed by atoms with Crippen molar-refractivity contribution in [1.29, 1.82) is 0 Å². The number of hydrogen-bond acceptors (Lipinski definition) is 5. The number of carbonyl (C=O) groups excluding carboxylic acids is 1. The van der Waals surface area contributed by atoms with Gasteiger partial charge in [-0.2, -0.15) is 0 Å². The Hall–Kier alpha value is -1.34. The van der Waals surface area contributed by atoms with E-state index >= 15 is 0 Å². The summed E-state index contributed by atoms with van der Waals surface area (Å²) in [7, 11) is 0. The molecule has 2 aliphatic rings. The molecular weight excluding hydrogens is 390 g/mol. The number of thiophene rings is 1. The number of thioether (sulfide) groups is 1. The molecule has 1 amide bonds. The van der Waals surface area contributed by atoms with Gasteiger partial charge in [0, 0.05) is 17.5 Å². The number of nitrogens with one attached hydrogen (secondary N) is 1. The predicted molar refractivity (Wildman–Crippen MR) is 116 cm³/mol. The normalized spacial score (nSPS) is 24.8. The highest BCUT2D eigenvalue weighted by Crippen LogP contribution is 2.49. The van der Waals surface area contributed by atoms with Crippen molar-refractivity contribution in [3.63, 3.8) is 0 Å². The Bertz CT molecular complexity index is 965. The molecule has 4 unspecified atom stereocenters. The van der Waals surface area contributed by atoms with E-state index in [1.54, 1.807) is 15.9 Å². The zero-order chi connectivity index (χ0) is 20.0. The van der Waals surface area contributed by atoms with Crippen molar-refractivity contribution in [2.45, 2.75) is 71.1 Å². The lowest BCUT2D eigenvalue weighted by atomic mass is 9.84. The standard InChI is InChI=1S/C21H29N3O2S2/c1-5-24-20(26)18-11(2)13(4)28-19(18)23-21(24)27-10-17(25)22-12(3)16-9-14-6-7-15(16)8-14/h12,14-16H,5-10H2,1-4H3,(H,22,25). The molecule has 2 saturated carbocycles. The van der Waals surface area contributed by atoms with Crippen molar-refractivity contribution >= 4 is 39.2 Å². The van der Waals surface area contributed by atoms with Crippen molar-refractivity contribution in [3.05, 3.63) is 20.8 Å². The van der Waals surface area contributed by atoms with E-state index in [0.717, 1.165) is 32.5 Å². The minimum absolute atomic E-state index is 0.00704. The highest BCUT2D eigenvalue weighted by Gasteiger charge is 2.42. The average molecular weight is 420 g/mol. The van der Waals surface area contributed by atoms with Crippen LogP contribution in [0.2, 0.25) is 0 Å². The van der Waals surface area contributed by atoms with Gasteiger partial charge in [0.25, 0.3) is 5.56 Å². The number of aromatic nitrogens is 2. The molecule has 2 fully saturated rings. The molecule has 2 aromatic heterocycles. The smallest absolute Gasteiger partial charge is 0.263 e. The van der Waals surface area contributed by atoms with Crippen LogP contribution < -0.4 is 10.9 Å². The molecule has 5 nitrogen and oxygen atoms in total. The number of aryl methyl sites for hydroxylation is 2. The summed E-state index contributed by atoms with van der Waals surface area (Å²) in [4.78, 5) is 32.1. The van der Waals surface area contributed by atoms with E-state index in [4.69, 9.17) is 4.98 Å².